The summed E-state index contributed by atoms with van der Waals surface area (Å²) < 4.78 is -0.845. The monoisotopic (exact) mass is 419 g/mol. The van der Waals surface area contributed by atoms with Gasteiger partial charge in [-0.2, -0.15) is 0 Å². The molecule has 1 aromatic carbocycles. The van der Waals surface area contributed by atoms with Crippen LogP contribution >= 0.6 is 11.8 Å². The molecule has 2 saturated heterocycles. The summed E-state index contributed by atoms with van der Waals surface area (Å²) in [5.41, 5.74) is -1.53. The first-order chi connectivity index (χ1) is 13.4. The Morgan fingerprint density at radius 2 is 1.76 bits per heavy atom. The highest BCUT2D eigenvalue weighted by atomic mass is 32.2. The van der Waals surface area contributed by atoms with Crippen LogP contribution < -0.4 is 10.6 Å². The van der Waals surface area contributed by atoms with E-state index in [-0.39, 0.29) is 17.2 Å². The molecular weight excluding hydrogens is 398 g/mol. The third-order valence-corrected chi connectivity index (χ3v) is 6.76. The number of hydrogen-bond acceptors (Lipinski definition) is 6. The van der Waals surface area contributed by atoms with Crippen LogP contribution in [-0.4, -0.2) is 61.2 Å². The normalized spacial score (nSPS) is 26.9. The fourth-order valence-electron chi connectivity index (χ4n) is 3.81. The lowest BCUT2D eigenvalue weighted by Crippen LogP contribution is -2.82. The number of carboxylic acids is 1. The van der Waals surface area contributed by atoms with E-state index in [1.165, 1.54) is 26.0 Å². The number of carbonyl (C=O) groups excluding carboxylic acids is 4. The lowest BCUT2D eigenvalue weighted by Gasteiger charge is -2.51. The van der Waals surface area contributed by atoms with Crippen LogP contribution in [-0.2, 0) is 19.2 Å². The molecule has 0 saturated carbocycles. The Morgan fingerprint density at radius 3 is 2.31 bits per heavy atom. The topological polar surface area (TPSA) is 133 Å². The molecule has 3 N–H and O–H groups in total. The molecule has 2 aliphatic rings. The molecule has 3 rings (SSSR count). The van der Waals surface area contributed by atoms with Gasteiger partial charge in [-0.05, 0) is 32.9 Å². The number of nitrogens with one attached hydrogen (secondary N) is 2. The van der Waals surface area contributed by atoms with Crippen molar-refractivity contribution in [1.82, 2.24) is 10.2 Å². The fourth-order valence-corrected chi connectivity index (χ4v) is 5.57. The average molecular weight is 419 g/mol. The van der Waals surface area contributed by atoms with Crippen molar-refractivity contribution < 1.29 is 29.1 Å². The highest BCUT2D eigenvalue weighted by Gasteiger charge is 2.74. The molecule has 1 aromatic rings. The van der Waals surface area contributed by atoms with Crippen LogP contribution in [0.4, 0.5) is 5.69 Å². The van der Waals surface area contributed by atoms with Gasteiger partial charge in [0.2, 0.25) is 11.4 Å². The van der Waals surface area contributed by atoms with Gasteiger partial charge in [-0.3, -0.25) is 19.2 Å². The summed E-state index contributed by atoms with van der Waals surface area (Å²) in [6.45, 7) is 5.85. The van der Waals surface area contributed by atoms with Crippen LogP contribution in [0.3, 0.4) is 0 Å². The van der Waals surface area contributed by atoms with Gasteiger partial charge in [0.05, 0.1) is 11.3 Å². The third-order valence-electron chi connectivity index (χ3n) is 5.13. The smallest absolute Gasteiger partial charge is 0.327 e. The Morgan fingerprint density at radius 1 is 1.14 bits per heavy atom. The summed E-state index contributed by atoms with van der Waals surface area (Å²) >= 11 is 1.16. The van der Waals surface area contributed by atoms with Crippen LogP contribution in [0.2, 0.25) is 0 Å². The number of carbonyl (C=O) groups is 5. The molecule has 0 spiro atoms. The standard InChI is InChI=1S/C19H21N3O6S/c1-9(23)19(16(28)22-13(15(26)27)18(3,4)29-17(19)22)21-14(25)11-7-5-6-8-12(11)20-10(2)24/h5-8,13,17H,1-4H3,(H,20,24)(H,21,25)(H,26,27)/t13-,17+,19-/m0/s1. The van der Waals surface area contributed by atoms with E-state index in [1.54, 1.807) is 26.0 Å². The molecule has 29 heavy (non-hydrogen) atoms. The summed E-state index contributed by atoms with van der Waals surface area (Å²) in [5, 5.41) is 13.8. The Labute approximate surface area is 171 Å². The molecule has 0 aromatic heterocycles. The van der Waals surface area contributed by atoms with Crippen molar-refractivity contribution >= 4 is 46.9 Å². The van der Waals surface area contributed by atoms with Gasteiger partial charge in [0.1, 0.15) is 11.4 Å². The van der Waals surface area contributed by atoms with Gasteiger partial charge in [0.25, 0.3) is 11.8 Å². The number of thioether (sulfide) groups is 1. The van der Waals surface area contributed by atoms with Crippen LogP contribution in [0, 0.1) is 0 Å². The Hall–Kier alpha value is -2.88. The molecule has 0 unspecified atom stereocenters. The first-order valence-electron chi connectivity index (χ1n) is 8.87. The van der Waals surface area contributed by atoms with E-state index < -0.39 is 45.3 Å². The second-order valence-electron chi connectivity index (χ2n) is 7.57. The minimum Gasteiger partial charge on any atom is -0.480 e. The molecule has 2 fully saturated rings. The van der Waals surface area contributed by atoms with Crippen LogP contribution in [0.1, 0.15) is 38.1 Å². The number of carboxylic acid groups (broad SMARTS) is 1. The maximum Gasteiger partial charge on any atom is 0.327 e. The van der Waals surface area contributed by atoms with Gasteiger partial charge in [-0.1, -0.05) is 12.1 Å². The number of aliphatic carboxylic acids is 1. The van der Waals surface area contributed by atoms with Crippen molar-refractivity contribution in [2.75, 3.05) is 5.32 Å². The van der Waals surface area contributed by atoms with Gasteiger partial charge in [-0.15, -0.1) is 11.8 Å². The minimum absolute atomic E-state index is 0.0895. The number of para-hydroxylation sites is 1. The van der Waals surface area contributed by atoms with E-state index in [9.17, 15) is 29.1 Å². The largest absolute Gasteiger partial charge is 0.480 e. The predicted molar refractivity (Wildman–Crippen MR) is 105 cm³/mol. The number of nitrogens with zero attached hydrogens (tertiary/aromatic N) is 1. The van der Waals surface area contributed by atoms with Gasteiger partial charge >= 0.3 is 5.97 Å². The lowest BCUT2D eigenvalue weighted by atomic mass is 9.81. The predicted octanol–water partition coefficient (Wildman–Crippen LogP) is 0.849. The van der Waals surface area contributed by atoms with E-state index >= 15 is 0 Å². The van der Waals surface area contributed by atoms with Crippen molar-refractivity contribution in [2.24, 2.45) is 0 Å². The molecule has 0 bridgehead atoms. The number of β-lactam (4-membered cyclic amide) rings is 1. The van der Waals surface area contributed by atoms with Crippen molar-refractivity contribution in [3.05, 3.63) is 29.8 Å². The number of ketones is 1. The maximum atomic E-state index is 13.0. The van der Waals surface area contributed by atoms with E-state index in [1.807, 2.05) is 0 Å². The molecule has 9 nitrogen and oxygen atoms in total. The molecule has 3 atom stereocenters. The zero-order chi connectivity index (χ0) is 21.7. The molecule has 0 aliphatic carbocycles. The first kappa shape index (κ1) is 20.8. The molecular formula is C19H21N3O6S. The van der Waals surface area contributed by atoms with Crippen molar-refractivity contribution in [3.8, 4) is 0 Å². The van der Waals surface area contributed by atoms with Gasteiger partial charge in [0, 0.05) is 11.7 Å². The fraction of sp³-hybridized carbons (Fsp3) is 0.421. The maximum absolute atomic E-state index is 13.0. The number of amides is 3. The molecule has 2 aliphatic heterocycles. The number of fused-ring (bicyclic) bond motifs is 1. The Balaban J connectivity index is 1.96. The lowest BCUT2D eigenvalue weighted by molar-refractivity contribution is -0.170. The van der Waals surface area contributed by atoms with E-state index in [4.69, 9.17) is 0 Å². The zero-order valence-electron chi connectivity index (χ0n) is 16.3. The number of Topliss-reactive ketones (excluding diaryl/α,β-unsaturated/α-hetero) is 1. The van der Waals surface area contributed by atoms with Crippen molar-refractivity contribution in [1.29, 1.82) is 0 Å². The zero-order valence-corrected chi connectivity index (χ0v) is 17.1. The number of anilines is 1. The van der Waals surface area contributed by atoms with Crippen molar-refractivity contribution in [2.45, 2.75) is 49.4 Å². The van der Waals surface area contributed by atoms with E-state index in [0.717, 1.165) is 16.7 Å². The second kappa shape index (κ2) is 6.87. The van der Waals surface area contributed by atoms with Gasteiger partial charge in [0.15, 0.2) is 5.78 Å². The van der Waals surface area contributed by atoms with Crippen molar-refractivity contribution in [3.63, 3.8) is 0 Å². The third kappa shape index (κ3) is 3.07. The number of hydrogen-bond donors (Lipinski definition) is 3. The molecule has 154 valence electrons. The summed E-state index contributed by atoms with van der Waals surface area (Å²) in [5.74, 6) is -3.59. The quantitative estimate of drug-likeness (QED) is 0.476. The minimum atomic E-state index is -1.85. The highest BCUT2D eigenvalue weighted by Crippen LogP contribution is 2.55. The molecule has 10 heteroatoms. The van der Waals surface area contributed by atoms with Gasteiger partial charge < -0.3 is 20.6 Å². The van der Waals surface area contributed by atoms with Crippen LogP contribution in [0.15, 0.2) is 24.3 Å². The van der Waals surface area contributed by atoms with Gasteiger partial charge in [-0.25, -0.2) is 4.79 Å². The number of benzene rings is 1. The summed E-state index contributed by atoms with van der Waals surface area (Å²) in [6.07, 6.45) is 0. The average Bonchev–Trinajstić information content (AvgIpc) is 2.87. The number of rotatable bonds is 5. The van der Waals surface area contributed by atoms with Crippen LogP contribution in [0.25, 0.3) is 0 Å². The van der Waals surface area contributed by atoms with E-state index in [2.05, 4.69) is 10.6 Å². The van der Waals surface area contributed by atoms with Crippen LogP contribution in [0.5, 0.6) is 0 Å². The van der Waals surface area contributed by atoms with E-state index in [0.29, 0.717) is 0 Å². The Kier molecular flexibility index (Phi) is 4.94. The molecule has 0 radical (unpaired) electrons. The first-order valence-corrected chi connectivity index (χ1v) is 9.75. The second-order valence-corrected chi connectivity index (χ2v) is 9.31. The SMILES string of the molecule is CC(=O)Nc1ccccc1C(=O)N[C@@]1(C(C)=O)C(=O)N2[C@@H](C(=O)O)C(C)(C)S[C@@H]21. The summed E-state index contributed by atoms with van der Waals surface area (Å²) in [7, 11) is 0. The summed E-state index contributed by atoms with van der Waals surface area (Å²) in [4.78, 5) is 62.7. The highest BCUT2D eigenvalue weighted by molar-refractivity contribution is 8.01. The Bertz CT molecular complexity index is 946. The molecule has 3 amide bonds. The summed E-state index contributed by atoms with van der Waals surface area (Å²) in [6, 6.07) is 5.09. The molecule has 2 heterocycles.